The molecule has 0 aliphatic heterocycles. The maximum absolute atomic E-state index is 13.1. The van der Waals surface area contributed by atoms with Crippen LogP contribution in [0, 0.1) is 15.9 Å². The summed E-state index contributed by atoms with van der Waals surface area (Å²) in [5.74, 6) is -1.22. The second-order valence-electron chi connectivity index (χ2n) is 5.27. The van der Waals surface area contributed by atoms with E-state index in [1.807, 2.05) is 0 Å². The van der Waals surface area contributed by atoms with Crippen LogP contribution in [0.3, 0.4) is 0 Å². The number of furan rings is 1. The second kappa shape index (κ2) is 6.93. The molecule has 2 aromatic carbocycles. The highest BCUT2D eigenvalue weighted by Gasteiger charge is 2.26. The lowest BCUT2D eigenvalue weighted by molar-refractivity contribution is -0.402. The molecule has 0 saturated carbocycles. The third kappa shape index (κ3) is 3.55. The number of nitrogens with zero attached hydrogens (tertiary/aromatic N) is 1. The molecule has 0 unspecified atom stereocenters. The minimum absolute atomic E-state index is 0.00687. The number of hydrogen-bond acceptors (Lipinski definition) is 5. The zero-order valence-corrected chi connectivity index (χ0v) is 14.0. The van der Waals surface area contributed by atoms with E-state index in [1.165, 1.54) is 48.5 Å². The van der Waals surface area contributed by atoms with Crippen LogP contribution in [0.25, 0.3) is 11.0 Å². The summed E-state index contributed by atoms with van der Waals surface area (Å²) in [5, 5.41) is 10.9. The molecule has 0 amide bonds. The molecular formula is C18H12FNO5S. The fourth-order valence-electron chi connectivity index (χ4n) is 2.28. The van der Waals surface area contributed by atoms with Gasteiger partial charge in [0.05, 0.1) is 11.0 Å². The Morgan fingerprint density at radius 2 is 1.65 bits per heavy atom. The van der Waals surface area contributed by atoms with Gasteiger partial charge in [-0.1, -0.05) is 30.3 Å². The molecule has 1 aromatic heterocycles. The fraction of sp³-hybridized carbons (Fsp3) is 0. The van der Waals surface area contributed by atoms with Gasteiger partial charge in [-0.3, -0.25) is 10.1 Å². The van der Waals surface area contributed by atoms with Gasteiger partial charge in [0, 0.05) is 0 Å². The summed E-state index contributed by atoms with van der Waals surface area (Å²) in [7, 11) is -4.02. The Hall–Kier alpha value is -3.26. The van der Waals surface area contributed by atoms with Crippen molar-refractivity contribution in [3.8, 4) is 0 Å². The van der Waals surface area contributed by atoms with Gasteiger partial charge in [-0.2, -0.15) is 0 Å². The van der Waals surface area contributed by atoms with E-state index >= 15 is 0 Å². The Balaban J connectivity index is 2.18. The van der Waals surface area contributed by atoms with Gasteiger partial charge in [0.1, 0.15) is 15.6 Å². The number of sulfone groups is 1. The van der Waals surface area contributed by atoms with Crippen LogP contribution in [0.15, 0.2) is 76.0 Å². The van der Waals surface area contributed by atoms with E-state index in [2.05, 4.69) is 0 Å². The lowest BCUT2D eigenvalue weighted by Gasteiger charge is -2.07. The van der Waals surface area contributed by atoms with Gasteiger partial charge in [-0.05, 0) is 42.0 Å². The van der Waals surface area contributed by atoms with Crippen LogP contribution < -0.4 is 0 Å². The molecule has 0 atom stereocenters. The molecule has 0 saturated heterocycles. The molecule has 0 N–H and O–H groups in total. The van der Waals surface area contributed by atoms with E-state index < -0.39 is 26.5 Å². The van der Waals surface area contributed by atoms with Crippen molar-refractivity contribution < 1.29 is 22.1 Å². The largest absolute Gasteiger partial charge is 0.433 e. The number of halogens is 1. The smallest absolute Gasteiger partial charge is 0.400 e. The minimum Gasteiger partial charge on any atom is -0.400 e. The number of rotatable bonds is 5. The van der Waals surface area contributed by atoms with E-state index in [1.54, 1.807) is 18.2 Å². The average Bonchev–Trinajstić information content (AvgIpc) is 3.12. The topological polar surface area (TPSA) is 90.4 Å². The van der Waals surface area contributed by atoms with E-state index in [0.29, 0.717) is 5.56 Å². The van der Waals surface area contributed by atoms with Crippen molar-refractivity contribution in [1.29, 1.82) is 0 Å². The Kier molecular flexibility index (Phi) is 4.68. The molecule has 8 heteroatoms. The highest BCUT2D eigenvalue weighted by atomic mass is 32.2. The summed E-state index contributed by atoms with van der Waals surface area (Å²) in [4.78, 5) is 9.84. The standard InChI is InChI=1S/C18H12FNO5S/c19-14-8-6-13(7-9-14)12-17(16-10-11-18(25-16)20(21)22)26(23,24)15-4-2-1-3-5-15/h1-12H/b17-12+. The van der Waals surface area contributed by atoms with Gasteiger partial charge < -0.3 is 4.42 Å². The minimum atomic E-state index is -4.02. The number of hydrogen-bond donors (Lipinski definition) is 0. The van der Waals surface area contributed by atoms with Gasteiger partial charge in [-0.25, -0.2) is 12.8 Å². The van der Waals surface area contributed by atoms with Crippen LogP contribution in [0.1, 0.15) is 11.3 Å². The summed E-state index contributed by atoms with van der Waals surface area (Å²) in [5.41, 5.74) is 0.403. The van der Waals surface area contributed by atoms with E-state index in [4.69, 9.17) is 4.42 Å². The first-order valence-electron chi connectivity index (χ1n) is 7.40. The molecule has 1 heterocycles. The van der Waals surface area contributed by atoms with Gasteiger partial charge in [-0.15, -0.1) is 0 Å². The van der Waals surface area contributed by atoms with Crippen LogP contribution in [0.4, 0.5) is 10.3 Å². The first-order valence-corrected chi connectivity index (χ1v) is 8.88. The van der Waals surface area contributed by atoms with Gasteiger partial charge in [0.2, 0.25) is 9.84 Å². The summed E-state index contributed by atoms with van der Waals surface area (Å²) >= 11 is 0. The normalized spacial score (nSPS) is 12.1. The van der Waals surface area contributed by atoms with Gasteiger partial charge in [0.25, 0.3) is 0 Å². The molecular weight excluding hydrogens is 361 g/mol. The van der Waals surface area contributed by atoms with Crippen molar-refractivity contribution in [2.45, 2.75) is 4.90 Å². The molecule has 0 radical (unpaired) electrons. The summed E-state index contributed by atoms with van der Waals surface area (Å²) < 4.78 is 44.2. The van der Waals surface area contributed by atoms with E-state index in [-0.39, 0.29) is 15.6 Å². The Labute approximate surface area is 148 Å². The lowest BCUT2D eigenvalue weighted by atomic mass is 10.2. The monoisotopic (exact) mass is 373 g/mol. The highest BCUT2D eigenvalue weighted by molar-refractivity contribution is 8.00. The van der Waals surface area contributed by atoms with Crippen molar-refractivity contribution in [3.05, 3.63) is 94.0 Å². The van der Waals surface area contributed by atoms with Gasteiger partial charge in [0.15, 0.2) is 5.76 Å². The predicted molar refractivity (Wildman–Crippen MR) is 93.3 cm³/mol. The SMILES string of the molecule is O=[N+]([O-])c1ccc(/C(=C\c2ccc(F)cc2)S(=O)(=O)c2ccccc2)o1. The first kappa shape index (κ1) is 17.6. The van der Waals surface area contributed by atoms with Crippen LogP contribution in [-0.2, 0) is 9.84 Å². The quantitative estimate of drug-likeness (QED) is 0.491. The fourth-order valence-corrected chi connectivity index (χ4v) is 3.71. The summed E-state index contributed by atoms with van der Waals surface area (Å²) in [6.45, 7) is 0. The molecule has 0 bridgehead atoms. The Morgan fingerprint density at radius 1 is 1.00 bits per heavy atom. The van der Waals surface area contributed by atoms with Crippen LogP contribution in [0.5, 0.6) is 0 Å². The second-order valence-corrected chi connectivity index (χ2v) is 7.19. The van der Waals surface area contributed by atoms with Crippen molar-refractivity contribution in [3.63, 3.8) is 0 Å². The molecule has 132 valence electrons. The molecule has 26 heavy (non-hydrogen) atoms. The maximum Gasteiger partial charge on any atom is 0.433 e. The molecule has 3 aromatic rings. The molecule has 6 nitrogen and oxygen atoms in total. The Morgan fingerprint density at radius 3 is 2.23 bits per heavy atom. The van der Waals surface area contributed by atoms with Crippen molar-refractivity contribution in [2.75, 3.05) is 0 Å². The van der Waals surface area contributed by atoms with Gasteiger partial charge >= 0.3 is 5.88 Å². The van der Waals surface area contributed by atoms with Crippen molar-refractivity contribution in [2.24, 2.45) is 0 Å². The van der Waals surface area contributed by atoms with Crippen LogP contribution in [-0.4, -0.2) is 13.3 Å². The average molecular weight is 373 g/mol. The van der Waals surface area contributed by atoms with Crippen LogP contribution >= 0.6 is 0 Å². The summed E-state index contributed by atoms with van der Waals surface area (Å²) in [6.07, 6.45) is 1.28. The lowest BCUT2D eigenvalue weighted by Crippen LogP contribution is -2.03. The predicted octanol–water partition coefficient (Wildman–Crippen LogP) is 4.30. The molecule has 0 aliphatic rings. The van der Waals surface area contributed by atoms with Crippen molar-refractivity contribution in [1.82, 2.24) is 0 Å². The van der Waals surface area contributed by atoms with E-state index in [0.717, 1.165) is 6.07 Å². The molecule has 0 fully saturated rings. The first-order chi connectivity index (χ1) is 12.4. The maximum atomic E-state index is 13.1. The number of benzene rings is 2. The van der Waals surface area contributed by atoms with E-state index in [9.17, 15) is 22.9 Å². The zero-order valence-electron chi connectivity index (χ0n) is 13.2. The van der Waals surface area contributed by atoms with Crippen molar-refractivity contribution >= 4 is 26.7 Å². The summed E-state index contributed by atoms with van der Waals surface area (Å²) in [6, 6.07) is 15.1. The third-order valence-electron chi connectivity index (χ3n) is 3.53. The van der Waals surface area contributed by atoms with Crippen LogP contribution in [0.2, 0.25) is 0 Å². The third-order valence-corrected chi connectivity index (χ3v) is 5.32. The molecule has 0 spiro atoms. The number of nitro groups is 1. The Bertz CT molecular complexity index is 1070. The zero-order chi connectivity index (χ0) is 18.7. The molecule has 0 aliphatic carbocycles. The highest BCUT2D eigenvalue weighted by Crippen LogP contribution is 2.32. The molecule has 3 rings (SSSR count).